The van der Waals surface area contributed by atoms with Crippen molar-refractivity contribution in [1.82, 2.24) is 4.31 Å². The SMILES string of the molecule is N#CC1(c2ccccc2)CCN(S(=O)(=O)c2ccc(Cl)c(Cl)c2)CC1. The topological polar surface area (TPSA) is 61.2 Å². The molecule has 0 unspecified atom stereocenters. The van der Waals surface area contributed by atoms with Crippen LogP contribution in [-0.2, 0) is 15.4 Å². The van der Waals surface area contributed by atoms with Gasteiger partial charge in [-0.25, -0.2) is 8.42 Å². The number of rotatable bonds is 3. The van der Waals surface area contributed by atoms with E-state index in [2.05, 4.69) is 6.07 Å². The number of piperidine rings is 1. The summed E-state index contributed by atoms with van der Waals surface area (Å²) in [5, 5.41) is 10.2. The predicted octanol–water partition coefficient (Wildman–Crippen LogP) is 4.24. The van der Waals surface area contributed by atoms with Gasteiger partial charge in [0.05, 0.1) is 26.4 Å². The van der Waals surface area contributed by atoms with Crippen LogP contribution in [0.4, 0.5) is 0 Å². The highest BCUT2D eigenvalue weighted by Crippen LogP contribution is 2.37. The van der Waals surface area contributed by atoms with E-state index in [0.29, 0.717) is 17.9 Å². The van der Waals surface area contributed by atoms with Gasteiger partial charge >= 0.3 is 0 Å². The third kappa shape index (κ3) is 3.40. The second-order valence-corrected chi connectivity index (χ2v) is 8.79. The highest BCUT2D eigenvalue weighted by atomic mass is 35.5. The van der Waals surface area contributed by atoms with E-state index in [9.17, 15) is 13.7 Å². The predicted molar refractivity (Wildman–Crippen MR) is 98.2 cm³/mol. The van der Waals surface area contributed by atoms with Gasteiger partial charge < -0.3 is 0 Å². The number of halogens is 2. The van der Waals surface area contributed by atoms with Gasteiger partial charge in [0.2, 0.25) is 10.0 Å². The third-order valence-corrected chi connectivity index (χ3v) is 7.28. The van der Waals surface area contributed by atoms with E-state index in [1.54, 1.807) is 0 Å². The van der Waals surface area contributed by atoms with Gasteiger partial charge in [-0.2, -0.15) is 9.57 Å². The van der Waals surface area contributed by atoms with Crippen molar-refractivity contribution in [2.75, 3.05) is 13.1 Å². The zero-order chi connectivity index (χ0) is 18.1. The Morgan fingerprint density at radius 2 is 1.64 bits per heavy atom. The monoisotopic (exact) mass is 394 g/mol. The second-order valence-electron chi connectivity index (χ2n) is 6.04. The maximum Gasteiger partial charge on any atom is 0.243 e. The molecule has 2 aromatic carbocycles. The molecule has 7 heteroatoms. The van der Waals surface area contributed by atoms with Gasteiger partial charge in [-0.05, 0) is 36.6 Å². The van der Waals surface area contributed by atoms with E-state index in [1.807, 2.05) is 30.3 Å². The minimum Gasteiger partial charge on any atom is -0.207 e. The summed E-state index contributed by atoms with van der Waals surface area (Å²) in [4.78, 5) is 0.117. The highest BCUT2D eigenvalue weighted by Gasteiger charge is 2.40. The molecule has 1 aliphatic heterocycles. The normalized spacial score (nSPS) is 17.8. The van der Waals surface area contributed by atoms with Crippen molar-refractivity contribution in [2.24, 2.45) is 0 Å². The number of benzene rings is 2. The smallest absolute Gasteiger partial charge is 0.207 e. The molecule has 0 atom stereocenters. The molecule has 0 saturated carbocycles. The van der Waals surface area contributed by atoms with Gasteiger partial charge in [0.15, 0.2) is 0 Å². The summed E-state index contributed by atoms with van der Waals surface area (Å²) in [6.07, 6.45) is 0.905. The molecular formula is C18H16Cl2N2O2S. The average Bonchev–Trinajstić information content (AvgIpc) is 2.64. The zero-order valence-corrected chi connectivity index (χ0v) is 15.7. The molecule has 0 aliphatic carbocycles. The van der Waals surface area contributed by atoms with Crippen molar-refractivity contribution in [3.63, 3.8) is 0 Å². The Kier molecular flexibility index (Phi) is 5.08. The van der Waals surface area contributed by atoms with Crippen molar-refractivity contribution < 1.29 is 8.42 Å². The molecule has 1 aliphatic rings. The molecule has 0 N–H and O–H groups in total. The van der Waals surface area contributed by atoms with Crippen LogP contribution >= 0.6 is 23.2 Å². The summed E-state index contributed by atoms with van der Waals surface area (Å²) in [5.74, 6) is 0. The largest absolute Gasteiger partial charge is 0.243 e. The van der Waals surface area contributed by atoms with Crippen molar-refractivity contribution >= 4 is 33.2 Å². The molecule has 0 aromatic heterocycles. The van der Waals surface area contributed by atoms with Crippen LogP contribution in [0.1, 0.15) is 18.4 Å². The summed E-state index contributed by atoms with van der Waals surface area (Å²) >= 11 is 11.8. The molecule has 0 spiro atoms. The van der Waals surface area contributed by atoms with Gasteiger partial charge in [-0.15, -0.1) is 0 Å². The van der Waals surface area contributed by atoms with Crippen molar-refractivity contribution in [3.05, 3.63) is 64.1 Å². The fourth-order valence-corrected chi connectivity index (χ4v) is 4.95. The standard InChI is InChI=1S/C18H16Cl2N2O2S/c19-16-7-6-15(12-17(16)20)25(23,24)22-10-8-18(13-21,9-11-22)14-4-2-1-3-5-14/h1-7,12H,8-11H2. The molecule has 0 bridgehead atoms. The lowest BCUT2D eigenvalue weighted by molar-refractivity contribution is 0.277. The molecule has 4 nitrogen and oxygen atoms in total. The lowest BCUT2D eigenvalue weighted by Gasteiger charge is -2.37. The fraction of sp³-hybridized carbons (Fsp3) is 0.278. The van der Waals surface area contributed by atoms with E-state index in [0.717, 1.165) is 5.56 Å². The Morgan fingerprint density at radius 1 is 1.00 bits per heavy atom. The first-order chi connectivity index (χ1) is 11.9. The summed E-state index contributed by atoms with van der Waals surface area (Å²) < 4.78 is 27.1. The number of nitrogens with zero attached hydrogens (tertiary/aromatic N) is 2. The average molecular weight is 395 g/mol. The maximum absolute atomic E-state index is 12.8. The van der Waals surface area contributed by atoms with Crippen LogP contribution in [-0.4, -0.2) is 25.8 Å². The first-order valence-corrected chi connectivity index (χ1v) is 10.0. The fourth-order valence-electron chi connectivity index (χ4n) is 3.12. The number of sulfonamides is 1. The zero-order valence-electron chi connectivity index (χ0n) is 13.3. The van der Waals surface area contributed by atoms with Crippen LogP contribution in [0.25, 0.3) is 0 Å². The van der Waals surface area contributed by atoms with Gasteiger partial charge in [-0.3, -0.25) is 0 Å². The van der Waals surface area contributed by atoms with Crippen LogP contribution in [0.15, 0.2) is 53.4 Å². The van der Waals surface area contributed by atoms with Crippen LogP contribution in [0.3, 0.4) is 0 Å². The molecule has 1 saturated heterocycles. The minimum atomic E-state index is -3.66. The summed E-state index contributed by atoms with van der Waals surface area (Å²) in [5.41, 5.74) is 0.286. The second kappa shape index (κ2) is 6.97. The molecule has 130 valence electrons. The van der Waals surface area contributed by atoms with E-state index < -0.39 is 15.4 Å². The summed E-state index contributed by atoms with van der Waals surface area (Å²) in [7, 11) is -3.66. The Hall–Kier alpha value is -1.58. The third-order valence-electron chi connectivity index (χ3n) is 4.65. The molecule has 1 heterocycles. The van der Waals surface area contributed by atoms with Gasteiger partial charge in [0.25, 0.3) is 0 Å². The molecule has 3 rings (SSSR count). The molecule has 0 amide bonds. The Balaban J connectivity index is 1.84. The lowest BCUT2D eigenvalue weighted by atomic mass is 9.74. The molecule has 1 fully saturated rings. The van der Waals surface area contributed by atoms with E-state index >= 15 is 0 Å². The van der Waals surface area contributed by atoms with Gasteiger partial charge in [-0.1, -0.05) is 53.5 Å². The Labute approximate surface area is 157 Å². The molecule has 25 heavy (non-hydrogen) atoms. The summed E-state index contributed by atoms with van der Waals surface area (Å²) in [6, 6.07) is 16.2. The lowest BCUT2D eigenvalue weighted by Crippen LogP contribution is -2.44. The van der Waals surface area contributed by atoms with Gasteiger partial charge in [0.1, 0.15) is 0 Å². The van der Waals surface area contributed by atoms with E-state index in [4.69, 9.17) is 23.2 Å². The molecule has 2 aromatic rings. The molecular weight excluding hydrogens is 379 g/mol. The minimum absolute atomic E-state index is 0.117. The van der Waals surface area contributed by atoms with Gasteiger partial charge in [0, 0.05) is 13.1 Å². The first kappa shape index (κ1) is 18.2. The van der Waals surface area contributed by atoms with Crippen molar-refractivity contribution in [3.8, 4) is 6.07 Å². The van der Waals surface area contributed by atoms with Crippen LogP contribution in [0.2, 0.25) is 10.0 Å². The highest BCUT2D eigenvalue weighted by molar-refractivity contribution is 7.89. The Bertz CT molecular complexity index is 916. The number of nitriles is 1. The van der Waals surface area contributed by atoms with E-state index in [1.165, 1.54) is 22.5 Å². The number of hydrogen-bond donors (Lipinski definition) is 0. The maximum atomic E-state index is 12.8. The van der Waals surface area contributed by atoms with Crippen molar-refractivity contribution in [2.45, 2.75) is 23.2 Å². The summed E-state index contributed by atoms with van der Waals surface area (Å²) in [6.45, 7) is 0.566. The Morgan fingerprint density at radius 3 is 2.20 bits per heavy atom. The molecule has 0 radical (unpaired) electrons. The van der Waals surface area contributed by atoms with Crippen LogP contribution < -0.4 is 0 Å². The number of hydrogen-bond acceptors (Lipinski definition) is 3. The van der Waals surface area contributed by atoms with E-state index in [-0.39, 0.29) is 23.0 Å². The first-order valence-electron chi connectivity index (χ1n) is 7.81. The van der Waals surface area contributed by atoms with Crippen LogP contribution in [0, 0.1) is 11.3 Å². The van der Waals surface area contributed by atoms with Crippen molar-refractivity contribution in [1.29, 1.82) is 5.26 Å². The quantitative estimate of drug-likeness (QED) is 0.781. The van der Waals surface area contributed by atoms with Crippen LogP contribution in [0.5, 0.6) is 0 Å².